The Morgan fingerprint density at radius 1 is 1.26 bits per heavy atom. The van der Waals surface area contributed by atoms with E-state index in [2.05, 4.69) is 33.6 Å². The smallest absolute Gasteiger partial charge is 0.123 e. The Morgan fingerprint density at radius 3 is 2.95 bits per heavy atom. The van der Waals surface area contributed by atoms with Crippen LogP contribution in [0.25, 0.3) is 10.6 Å². The molecular weight excluding hydrogens is 256 g/mol. The zero-order chi connectivity index (χ0) is 13.1. The van der Waals surface area contributed by atoms with Crippen molar-refractivity contribution in [3.63, 3.8) is 0 Å². The summed E-state index contributed by atoms with van der Waals surface area (Å²) in [5.74, 6) is 0. The van der Waals surface area contributed by atoms with E-state index in [1.165, 1.54) is 0 Å². The van der Waals surface area contributed by atoms with Crippen molar-refractivity contribution in [2.24, 2.45) is 7.05 Å². The Labute approximate surface area is 115 Å². The van der Waals surface area contributed by atoms with Crippen LogP contribution in [0.3, 0.4) is 0 Å². The number of nitrogens with zero attached hydrogens (tertiary/aromatic N) is 3. The van der Waals surface area contributed by atoms with Crippen LogP contribution < -0.4 is 5.32 Å². The van der Waals surface area contributed by atoms with E-state index in [4.69, 9.17) is 0 Å². The standard InChI is InChI=1S/C14H14N4S/c1-18-13(5-6-17-18)10-16-12-4-2-3-11(9-12)14-15-7-8-19-14/h2-9,16H,10H2,1H3. The molecule has 5 heteroatoms. The van der Waals surface area contributed by atoms with Gasteiger partial charge in [0.25, 0.3) is 0 Å². The molecule has 3 rings (SSSR count). The van der Waals surface area contributed by atoms with Gasteiger partial charge in [-0.1, -0.05) is 12.1 Å². The van der Waals surface area contributed by atoms with Crippen molar-refractivity contribution < 1.29 is 0 Å². The van der Waals surface area contributed by atoms with E-state index in [9.17, 15) is 0 Å². The SMILES string of the molecule is Cn1nccc1CNc1cccc(-c2nccs2)c1. The lowest BCUT2D eigenvalue weighted by molar-refractivity contribution is 0.720. The monoisotopic (exact) mass is 270 g/mol. The Balaban J connectivity index is 1.75. The van der Waals surface area contributed by atoms with Gasteiger partial charge in [0.1, 0.15) is 5.01 Å². The van der Waals surface area contributed by atoms with Crippen LogP contribution in [0, 0.1) is 0 Å². The second-order valence-corrected chi connectivity index (χ2v) is 5.11. The maximum Gasteiger partial charge on any atom is 0.123 e. The van der Waals surface area contributed by atoms with Crippen molar-refractivity contribution in [2.75, 3.05) is 5.32 Å². The highest BCUT2D eigenvalue weighted by Gasteiger charge is 2.02. The number of aromatic nitrogens is 3. The molecule has 4 nitrogen and oxygen atoms in total. The number of benzene rings is 1. The molecule has 19 heavy (non-hydrogen) atoms. The second kappa shape index (κ2) is 5.24. The summed E-state index contributed by atoms with van der Waals surface area (Å²) in [5.41, 5.74) is 3.39. The fraction of sp³-hybridized carbons (Fsp3) is 0.143. The van der Waals surface area contributed by atoms with E-state index in [1.54, 1.807) is 11.3 Å². The number of hydrogen-bond donors (Lipinski definition) is 1. The molecule has 96 valence electrons. The molecule has 0 radical (unpaired) electrons. The van der Waals surface area contributed by atoms with Gasteiger partial charge in [0.15, 0.2) is 0 Å². The maximum absolute atomic E-state index is 4.33. The zero-order valence-electron chi connectivity index (χ0n) is 10.6. The van der Waals surface area contributed by atoms with Gasteiger partial charge >= 0.3 is 0 Å². The van der Waals surface area contributed by atoms with Crippen molar-refractivity contribution in [3.8, 4) is 10.6 Å². The van der Waals surface area contributed by atoms with Gasteiger partial charge in [0.05, 0.1) is 12.2 Å². The summed E-state index contributed by atoms with van der Waals surface area (Å²) >= 11 is 1.65. The molecule has 0 aliphatic heterocycles. The summed E-state index contributed by atoms with van der Waals surface area (Å²) in [6.45, 7) is 0.762. The molecule has 0 saturated carbocycles. The minimum atomic E-state index is 0.762. The first-order valence-corrected chi connectivity index (χ1v) is 6.91. The van der Waals surface area contributed by atoms with E-state index < -0.39 is 0 Å². The van der Waals surface area contributed by atoms with E-state index >= 15 is 0 Å². The number of anilines is 1. The van der Waals surface area contributed by atoms with E-state index in [-0.39, 0.29) is 0 Å². The fourth-order valence-corrected chi connectivity index (χ4v) is 2.53. The molecule has 0 saturated heterocycles. The third kappa shape index (κ3) is 2.66. The van der Waals surface area contributed by atoms with Gasteiger partial charge in [-0.15, -0.1) is 11.3 Å². The summed E-state index contributed by atoms with van der Waals surface area (Å²) in [4.78, 5) is 4.33. The molecule has 3 aromatic rings. The fourth-order valence-electron chi connectivity index (χ4n) is 1.90. The summed E-state index contributed by atoms with van der Waals surface area (Å²) in [5, 5.41) is 10.6. The first-order valence-electron chi connectivity index (χ1n) is 6.03. The summed E-state index contributed by atoms with van der Waals surface area (Å²) in [6.07, 6.45) is 3.64. The molecular formula is C14H14N4S. The van der Waals surface area contributed by atoms with Crippen LogP contribution in [0.1, 0.15) is 5.69 Å². The van der Waals surface area contributed by atoms with E-state index in [0.717, 1.165) is 28.5 Å². The molecule has 1 N–H and O–H groups in total. The Bertz CT molecular complexity index is 658. The molecule has 0 spiro atoms. The Morgan fingerprint density at radius 2 is 2.21 bits per heavy atom. The number of thiazole rings is 1. The number of rotatable bonds is 4. The number of hydrogen-bond acceptors (Lipinski definition) is 4. The van der Waals surface area contributed by atoms with Crippen molar-refractivity contribution >= 4 is 17.0 Å². The largest absolute Gasteiger partial charge is 0.379 e. The molecule has 1 aromatic carbocycles. The molecule has 0 fully saturated rings. The minimum Gasteiger partial charge on any atom is -0.379 e. The van der Waals surface area contributed by atoms with Gasteiger partial charge in [-0.05, 0) is 18.2 Å². The van der Waals surface area contributed by atoms with Gasteiger partial charge in [-0.25, -0.2) is 4.98 Å². The Hall–Kier alpha value is -2.14. The van der Waals surface area contributed by atoms with Gasteiger partial charge in [0.2, 0.25) is 0 Å². The minimum absolute atomic E-state index is 0.762. The van der Waals surface area contributed by atoms with Gasteiger partial charge < -0.3 is 5.32 Å². The van der Waals surface area contributed by atoms with Crippen LogP contribution in [0.2, 0.25) is 0 Å². The molecule has 2 heterocycles. The lowest BCUT2D eigenvalue weighted by atomic mass is 10.2. The quantitative estimate of drug-likeness (QED) is 0.792. The molecule has 0 atom stereocenters. The van der Waals surface area contributed by atoms with Crippen molar-refractivity contribution in [3.05, 3.63) is 53.8 Å². The van der Waals surface area contributed by atoms with Crippen molar-refractivity contribution in [1.82, 2.24) is 14.8 Å². The predicted molar refractivity (Wildman–Crippen MR) is 78.1 cm³/mol. The molecule has 0 amide bonds. The zero-order valence-corrected chi connectivity index (χ0v) is 11.4. The maximum atomic E-state index is 4.33. The van der Waals surface area contributed by atoms with Crippen LogP contribution in [0.15, 0.2) is 48.1 Å². The lowest BCUT2D eigenvalue weighted by Crippen LogP contribution is -2.05. The lowest BCUT2D eigenvalue weighted by Gasteiger charge is -2.07. The normalized spacial score (nSPS) is 10.6. The van der Waals surface area contributed by atoms with Crippen molar-refractivity contribution in [1.29, 1.82) is 0 Å². The highest BCUT2D eigenvalue weighted by atomic mass is 32.1. The van der Waals surface area contributed by atoms with E-state index in [1.807, 2.05) is 41.6 Å². The van der Waals surface area contributed by atoms with Crippen molar-refractivity contribution in [2.45, 2.75) is 6.54 Å². The van der Waals surface area contributed by atoms with Crippen LogP contribution >= 0.6 is 11.3 Å². The summed E-state index contributed by atoms with van der Waals surface area (Å²) in [7, 11) is 1.95. The second-order valence-electron chi connectivity index (χ2n) is 4.22. The summed E-state index contributed by atoms with van der Waals surface area (Å²) < 4.78 is 1.87. The Kier molecular flexibility index (Phi) is 3.29. The predicted octanol–water partition coefficient (Wildman–Crippen LogP) is 3.16. The van der Waals surface area contributed by atoms with Gasteiger partial charge in [-0.2, -0.15) is 5.10 Å². The van der Waals surface area contributed by atoms with Gasteiger partial charge in [-0.3, -0.25) is 4.68 Å². The molecule has 0 unspecified atom stereocenters. The van der Waals surface area contributed by atoms with E-state index in [0.29, 0.717) is 0 Å². The third-order valence-electron chi connectivity index (χ3n) is 2.94. The highest BCUT2D eigenvalue weighted by Crippen LogP contribution is 2.24. The van der Waals surface area contributed by atoms with Gasteiger partial charge in [0, 0.05) is 36.1 Å². The number of nitrogens with one attached hydrogen (secondary N) is 1. The molecule has 0 aliphatic carbocycles. The molecule has 2 aromatic heterocycles. The topological polar surface area (TPSA) is 42.7 Å². The van der Waals surface area contributed by atoms with Crippen LogP contribution in [0.5, 0.6) is 0 Å². The molecule has 0 aliphatic rings. The first kappa shape index (κ1) is 11.9. The average molecular weight is 270 g/mol. The molecule has 0 bridgehead atoms. The highest BCUT2D eigenvalue weighted by molar-refractivity contribution is 7.13. The first-order chi connectivity index (χ1) is 9.33. The van der Waals surface area contributed by atoms with Crippen LogP contribution in [0.4, 0.5) is 5.69 Å². The summed E-state index contributed by atoms with van der Waals surface area (Å²) in [6, 6.07) is 10.3. The number of aryl methyl sites for hydroxylation is 1. The van der Waals surface area contributed by atoms with Crippen LogP contribution in [-0.2, 0) is 13.6 Å². The third-order valence-corrected chi connectivity index (χ3v) is 3.76. The average Bonchev–Trinajstić information content (AvgIpc) is 3.08. The van der Waals surface area contributed by atoms with Crippen LogP contribution in [-0.4, -0.2) is 14.8 Å².